The van der Waals surface area contributed by atoms with Crippen LogP contribution in [0.5, 0.6) is 0 Å². The first-order valence-electron chi connectivity index (χ1n) is 9.15. The number of carbonyl (C=O) groups excluding carboxylic acids is 1. The number of hydrogen-bond donors (Lipinski definition) is 2. The second kappa shape index (κ2) is 6.64. The third kappa shape index (κ3) is 2.87. The van der Waals surface area contributed by atoms with Crippen LogP contribution in [-0.4, -0.2) is 49.9 Å². The fraction of sp³-hybridized carbons (Fsp3) is 0.421. The number of nitrogens with zero attached hydrogens (tertiary/aromatic N) is 5. The molecule has 1 saturated carbocycles. The molecule has 0 bridgehead atoms. The fourth-order valence-corrected chi connectivity index (χ4v) is 4.26. The van der Waals surface area contributed by atoms with Crippen LogP contribution in [0.1, 0.15) is 30.4 Å². The molecule has 0 radical (unpaired) electrons. The van der Waals surface area contributed by atoms with Gasteiger partial charge in [-0.2, -0.15) is 5.26 Å². The van der Waals surface area contributed by atoms with Gasteiger partial charge in [-0.25, -0.2) is 14.5 Å². The highest BCUT2D eigenvalue weighted by Gasteiger charge is 2.55. The van der Waals surface area contributed by atoms with Crippen molar-refractivity contribution in [2.75, 3.05) is 18.4 Å². The molecule has 9 nitrogen and oxygen atoms in total. The van der Waals surface area contributed by atoms with Crippen molar-refractivity contribution in [3.8, 4) is 11.9 Å². The van der Waals surface area contributed by atoms with Crippen LogP contribution in [0.3, 0.4) is 0 Å². The van der Waals surface area contributed by atoms with Gasteiger partial charge >= 0.3 is 12.0 Å². The minimum atomic E-state index is -0.808. The monoisotopic (exact) mass is 380 g/mol. The van der Waals surface area contributed by atoms with Gasteiger partial charge in [-0.1, -0.05) is 6.42 Å². The van der Waals surface area contributed by atoms with Crippen LogP contribution in [0, 0.1) is 29.6 Å². The summed E-state index contributed by atoms with van der Waals surface area (Å²) in [5, 5.41) is 25.7. The zero-order valence-electron chi connectivity index (χ0n) is 15.4. The van der Waals surface area contributed by atoms with Gasteiger partial charge in [0.1, 0.15) is 6.07 Å². The van der Waals surface area contributed by atoms with Crippen LogP contribution < -0.4 is 5.32 Å². The first kappa shape index (κ1) is 18.0. The lowest BCUT2D eigenvalue weighted by atomic mass is 9.81. The fourth-order valence-electron chi connectivity index (χ4n) is 4.26. The molecular formula is C19H20N6O3. The summed E-state index contributed by atoms with van der Waals surface area (Å²) in [5.41, 5.74) is 0.401. The number of fused-ring (bicyclic) bond motifs is 1. The summed E-state index contributed by atoms with van der Waals surface area (Å²) >= 11 is 0. The largest absolute Gasteiger partial charge is 0.481 e. The third-order valence-corrected chi connectivity index (χ3v) is 5.82. The molecule has 2 N–H and O–H groups in total. The Morgan fingerprint density at radius 3 is 2.89 bits per heavy atom. The van der Waals surface area contributed by atoms with E-state index in [0.29, 0.717) is 30.2 Å². The summed E-state index contributed by atoms with van der Waals surface area (Å²) in [6.07, 6.45) is 5.55. The number of nitriles is 1. The lowest BCUT2D eigenvalue weighted by Gasteiger charge is -2.23. The standard InChI is InChI=1S/C19H20N6O3/c1-12-9-25(15-5-4-13(7-20)8-21-15)23-16(12)22-18(28)24-10-14-3-2-6-19(14,11-24)17(26)27/h4-5,8-9,14H,2-3,6,10-11H2,1H3,(H,26,27)(H,22,23,28)/t14-,19+/m0/s1. The number of nitrogens with one attached hydrogen (secondary N) is 1. The molecule has 2 aliphatic rings. The van der Waals surface area contributed by atoms with Gasteiger partial charge in [0.2, 0.25) is 0 Å². The lowest BCUT2D eigenvalue weighted by molar-refractivity contribution is -0.149. The van der Waals surface area contributed by atoms with Gasteiger partial charge in [0.05, 0.1) is 11.0 Å². The van der Waals surface area contributed by atoms with Crippen molar-refractivity contribution in [1.82, 2.24) is 19.7 Å². The number of aromatic nitrogens is 3. The molecule has 1 aliphatic heterocycles. The maximum Gasteiger partial charge on any atom is 0.323 e. The van der Waals surface area contributed by atoms with Crippen molar-refractivity contribution >= 4 is 17.8 Å². The van der Waals surface area contributed by atoms with E-state index in [9.17, 15) is 14.7 Å². The Morgan fingerprint density at radius 1 is 1.43 bits per heavy atom. The summed E-state index contributed by atoms with van der Waals surface area (Å²) in [6, 6.07) is 4.99. The second-order valence-electron chi connectivity index (χ2n) is 7.48. The molecule has 0 aromatic carbocycles. The molecule has 9 heteroatoms. The van der Waals surface area contributed by atoms with Gasteiger partial charge in [0, 0.05) is 31.0 Å². The first-order valence-corrected chi connectivity index (χ1v) is 9.15. The second-order valence-corrected chi connectivity index (χ2v) is 7.48. The predicted molar refractivity (Wildman–Crippen MR) is 98.8 cm³/mol. The molecule has 1 saturated heterocycles. The normalized spacial score (nSPS) is 23.3. The number of likely N-dealkylation sites (tertiary alicyclic amines) is 1. The van der Waals surface area contributed by atoms with Crippen molar-refractivity contribution in [3.05, 3.63) is 35.7 Å². The van der Waals surface area contributed by atoms with E-state index in [4.69, 9.17) is 5.26 Å². The SMILES string of the molecule is Cc1cn(-c2ccc(C#N)cn2)nc1NC(=O)N1C[C@@H]2CCC[C@@]2(C(=O)O)C1. The molecule has 2 amide bonds. The zero-order valence-corrected chi connectivity index (χ0v) is 15.4. The number of anilines is 1. The Balaban J connectivity index is 1.49. The van der Waals surface area contributed by atoms with Crippen molar-refractivity contribution < 1.29 is 14.7 Å². The minimum Gasteiger partial charge on any atom is -0.481 e. The Kier molecular flexibility index (Phi) is 4.26. The van der Waals surface area contributed by atoms with Crippen molar-refractivity contribution in [2.24, 2.45) is 11.3 Å². The topological polar surface area (TPSA) is 124 Å². The summed E-state index contributed by atoms with van der Waals surface area (Å²) < 4.78 is 1.53. The Morgan fingerprint density at radius 2 is 2.25 bits per heavy atom. The molecule has 4 rings (SSSR count). The van der Waals surface area contributed by atoms with Gasteiger partial charge in [-0.3, -0.25) is 10.1 Å². The van der Waals surface area contributed by atoms with Gasteiger partial charge < -0.3 is 10.0 Å². The number of amides is 2. The number of rotatable bonds is 3. The van der Waals surface area contributed by atoms with E-state index in [1.807, 2.05) is 13.0 Å². The van der Waals surface area contributed by atoms with Gasteiger partial charge in [-0.15, -0.1) is 5.10 Å². The molecular weight excluding hydrogens is 360 g/mol. The number of aryl methyl sites for hydroxylation is 1. The zero-order chi connectivity index (χ0) is 19.9. The van der Waals surface area contributed by atoms with Crippen molar-refractivity contribution in [3.63, 3.8) is 0 Å². The molecule has 2 aromatic rings. The highest BCUT2D eigenvalue weighted by atomic mass is 16.4. The van der Waals surface area contributed by atoms with Crippen molar-refractivity contribution in [1.29, 1.82) is 5.26 Å². The quantitative estimate of drug-likeness (QED) is 0.841. The number of carboxylic acids is 1. The number of carboxylic acid groups (broad SMARTS) is 1. The Hall–Kier alpha value is -3.41. The van der Waals surface area contributed by atoms with E-state index in [2.05, 4.69) is 15.4 Å². The number of hydrogen-bond acceptors (Lipinski definition) is 5. The molecule has 1 aliphatic carbocycles. The van der Waals surface area contributed by atoms with Crippen LogP contribution in [0.4, 0.5) is 10.6 Å². The van der Waals surface area contributed by atoms with Crippen LogP contribution in [0.25, 0.3) is 5.82 Å². The van der Waals surface area contributed by atoms with E-state index in [1.165, 1.54) is 10.9 Å². The van der Waals surface area contributed by atoms with E-state index in [-0.39, 0.29) is 18.5 Å². The molecule has 2 atom stereocenters. The van der Waals surface area contributed by atoms with E-state index in [0.717, 1.165) is 18.4 Å². The maximum atomic E-state index is 12.7. The van der Waals surface area contributed by atoms with E-state index < -0.39 is 11.4 Å². The predicted octanol–water partition coefficient (Wildman–Crippen LogP) is 2.17. The molecule has 144 valence electrons. The molecule has 28 heavy (non-hydrogen) atoms. The Bertz CT molecular complexity index is 977. The summed E-state index contributed by atoms with van der Waals surface area (Å²) in [4.78, 5) is 30.3. The minimum absolute atomic E-state index is 0.0113. The lowest BCUT2D eigenvalue weighted by Crippen LogP contribution is -2.38. The first-order chi connectivity index (χ1) is 13.4. The third-order valence-electron chi connectivity index (χ3n) is 5.82. The van der Waals surface area contributed by atoms with E-state index >= 15 is 0 Å². The summed E-state index contributed by atoms with van der Waals surface area (Å²) in [5.74, 6) is 0.135. The Labute approximate surface area is 161 Å². The highest BCUT2D eigenvalue weighted by Crippen LogP contribution is 2.48. The molecule has 2 fully saturated rings. The molecule has 0 unspecified atom stereocenters. The smallest absolute Gasteiger partial charge is 0.323 e. The van der Waals surface area contributed by atoms with Gasteiger partial charge in [0.25, 0.3) is 0 Å². The summed E-state index contributed by atoms with van der Waals surface area (Å²) in [6.45, 7) is 2.51. The molecule has 2 aromatic heterocycles. The number of pyridine rings is 1. The van der Waals surface area contributed by atoms with Gasteiger partial charge in [0.15, 0.2) is 11.6 Å². The average Bonchev–Trinajstić information content (AvgIpc) is 3.35. The van der Waals surface area contributed by atoms with Crippen LogP contribution in [-0.2, 0) is 4.79 Å². The highest BCUT2D eigenvalue weighted by molar-refractivity contribution is 5.90. The van der Waals surface area contributed by atoms with Crippen LogP contribution >= 0.6 is 0 Å². The molecule has 0 spiro atoms. The average molecular weight is 380 g/mol. The number of urea groups is 1. The van der Waals surface area contributed by atoms with Gasteiger partial charge in [-0.05, 0) is 37.8 Å². The molecule has 3 heterocycles. The van der Waals surface area contributed by atoms with Crippen LogP contribution in [0.2, 0.25) is 0 Å². The number of carbonyl (C=O) groups is 2. The van der Waals surface area contributed by atoms with Crippen molar-refractivity contribution in [2.45, 2.75) is 26.2 Å². The summed E-state index contributed by atoms with van der Waals surface area (Å²) in [7, 11) is 0. The number of aliphatic carboxylic acids is 1. The van der Waals surface area contributed by atoms with E-state index in [1.54, 1.807) is 23.2 Å². The maximum absolute atomic E-state index is 12.7. The van der Waals surface area contributed by atoms with Crippen LogP contribution in [0.15, 0.2) is 24.5 Å².